The first-order valence-corrected chi connectivity index (χ1v) is 6.66. The molecule has 2 aromatic rings. The summed E-state index contributed by atoms with van der Waals surface area (Å²) in [7, 11) is 0. The van der Waals surface area contributed by atoms with Crippen LogP contribution in [0.5, 0.6) is 5.75 Å². The summed E-state index contributed by atoms with van der Waals surface area (Å²) in [6.07, 6.45) is 3.71. The van der Waals surface area contributed by atoms with E-state index in [1.807, 2.05) is 18.2 Å². The lowest BCUT2D eigenvalue weighted by atomic mass is 9.95. The molecule has 0 radical (unpaired) electrons. The van der Waals surface area contributed by atoms with Crippen molar-refractivity contribution in [2.24, 2.45) is 0 Å². The summed E-state index contributed by atoms with van der Waals surface area (Å²) in [6, 6.07) is 14.4. The largest absolute Gasteiger partial charge is 0.488 e. The first kappa shape index (κ1) is 11.5. The minimum absolute atomic E-state index is 0.0417. The van der Waals surface area contributed by atoms with Gasteiger partial charge in [-0.1, -0.05) is 36.8 Å². The monoisotopic (exact) mass is 242 g/mol. The van der Waals surface area contributed by atoms with Crippen molar-refractivity contribution >= 4 is 10.8 Å². The molecule has 0 bridgehead atoms. The Morgan fingerprint density at radius 3 is 2.56 bits per heavy atom. The van der Waals surface area contributed by atoms with Gasteiger partial charge in [-0.2, -0.15) is 0 Å². The standard InChI is InChI=1S/C16H18O2/c17-15-7-3-4-8-16(15)18-14-10-9-12-5-1-2-6-13(12)11-14/h1-2,5-6,9-11,15-17H,3-4,7-8H2/t15-,16-/m1/s1. The van der Waals surface area contributed by atoms with Gasteiger partial charge in [-0.25, -0.2) is 0 Å². The molecule has 2 atom stereocenters. The van der Waals surface area contributed by atoms with E-state index in [0.717, 1.165) is 31.4 Å². The van der Waals surface area contributed by atoms with E-state index in [1.165, 1.54) is 10.8 Å². The van der Waals surface area contributed by atoms with E-state index >= 15 is 0 Å². The predicted octanol–water partition coefficient (Wildman–Crippen LogP) is 3.52. The molecule has 1 N–H and O–H groups in total. The van der Waals surface area contributed by atoms with Crippen LogP contribution in [-0.4, -0.2) is 17.3 Å². The molecule has 2 heteroatoms. The Kier molecular flexibility index (Phi) is 3.20. The molecule has 3 rings (SSSR count). The fraction of sp³-hybridized carbons (Fsp3) is 0.375. The third-order valence-corrected chi connectivity index (χ3v) is 3.68. The van der Waals surface area contributed by atoms with Gasteiger partial charge in [0, 0.05) is 0 Å². The van der Waals surface area contributed by atoms with Crippen molar-refractivity contribution in [2.75, 3.05) is 0 Å². The van der Waals surface area contributed by atoms with Gasteiger partial charge in [0.15, 0.2) is 0 Å². The molecule has 0 heterocycles. The fourth-order valence-electron chi connectivity index (χ4n) is 2.63. The zero-order chi connectivity index (χ0) is 12.4. The van der Waals surface area contributed by atoms with Gasteiger partial charge in [-0.05, 0) is 42.2 Å². The zero-order valence-electron chi connectivity index (χ0n) is 10.4. The Bertz CT molecular complexity index is 535. The first-order valence-electron chi connectivity index (χ1n) is 6.66. The molecule has 1 aliphatic rings. The molecular weight excluding hydrogens is 224 g/mol. The Balaban J connectivity index is 1.81. The molecule has 0 aromatic heterocycles. The molecule has 2 aromatic carbocycles. The van der Waals surface area contributed by atoms with Crippen LogP contribution in [0.15, 0.2) is 42.5 Å². The summed E-state index contributed by atoms with van der Waals surface area (Å²) in [5.74, 6) is 0.861. The number of ether oxygens (including phenoxy) is 1. The highest BCUT2D eigenvalue weighted by molar-refractivity contribution is 5.83. The van der Waals surface area contributed by atoms with Crippen molar-refractivity contribution in [3.8, 4) is 5.75 Å². The van der Waals surface area contributed by atoms with Crippen molar-refractivity contribution in [1.82, 2.24) is 0 Å². The van der Waals surface area contributed by atoms with Gasteiger partial charge in [-0.15, -0.1) is 0 Å². The molecule has 1 aliphatic carbocycles. The van der Waals surface area contributed by atoms with Crippen LogP contribution < -0.4 is 4.74 Å². The van der Waals surface area contributed by atoms with Crippen molar-refractivity contribution in [2.45, 2.75) is 37.9 Å². The van der Waals surface area contributed by atoms with E-state index in [-0.39, 0.29) is 12.2 Å². The average molecular weight is 242 g/mol. The number of rotatable bonds is 2. The van der Waals surface area contributed by atoms with Gasteiger partial charge >= 0.3 is 0 Å². The van der Waals surface area contributed by atoms with Crippen molar-refractivity contribution < 1.29 is 9.84 Å². The van der Waals surface area contributed by atoms with E-state index in [4.69, 9.17) is 4.74 Å². The summed E-state index contributed by atoms with van der Waals surface area (Å²) < 4.78 is 5.93. The minimum Gasteiger partial charge on any atom is -0.488 e. The highest BCUT2D eigenvalue weighted by atomic mass is 16.5. The van der Waals surface area contributed by atoms with Crippen LogP contribution in [0.3, 0.4) is 0 Å². The molecule has 18 heavy (non-hydrogen) atoms. The van der Waals surface area contributed by atoms with Crippen LogP contribution in [0.4, 0.5) is 0 Å². The third kappa shape index (κ3) is 2.34. The summed E-state index contributed by atoms with van der Waals surface area (Å²) in [5, 5.41) is 12.3. The van der Waals surface area contributed by atoms with Gasteiger partial charge in [0.05, 0.1) is 6.10 Å². The summed E-state index contributed by atoms with van der Waals surface area (Å²) >= 11 is 0. The Labute approximate surface area is 107 Å². The molecule has 1 saturated carbocycles. The van der Waals surface area contributed by atoms with E-state index in [2.05, 4.69) is 24.3 Å². The fourth-order valence-corrected chi connectivity index (χ4v) is 2.63. The molecule has 0 amide bonds. The van der Waals surface area contributed by atoms with Crippen molar-refractivity contribution in [3.05, 3.63) is 42.5 Å². The maximum absolute atomic E-state index is 9.92. The summed E-state index contributed by atoms with van der Waals surface area (Å²) in [5.41, 5.74) is 0. The molecule has 0 spiro atoms. The van der Waals surface area contributed by atoms with Gasteiger partial charge in [-0.3, -0.25) is 0 Å². The molecular formula is C16H18O2. The van der Waals surface area contributed by atoms with Crippen LogP contribution in [0.25, 0.3) is 10.8 Å². The number of fused-ring (bicyclic) bond motifs is 1. The normalized spacial score (nSPS) is 24.1. The van der Waals surface area contributed by atoms with Crippen LogP contribution >= 0.6 is 0 Å². The highest BCUT2D eigenvalue weighted by Crippen LogP contribution is 2.26. The molecule has 0 aliphatic heterocycles. The average Bonchev–Trinajstić information content (AvgIpc) is 2.41. The van der Waals surface area contributed by atoms with E-state index in [9.17, 15) is 5.11 Å². The van der Waals surface area contributed by atoms with E-state index in [0.29, 0.717) is 0 Å². The lowest BCUT2D eigenvalue weighted by molar-refractivity contribution is 0.00695. The topological polar surface area (TPSA) is 29.5 Å². The maximum Gasteiger partial charge on any atom is 0.124 e. The number of aliphatic hydroxyl groups is 1. The summed E-state index contributed by atoms with van der Waals surface area (Å²) in [4.78, 5) is 0. The third-order valence-electron chi connectivity index (χ3n) is 3.68. The van der Waals surface area contributed by atoms with Crippen LogP contribution in [0.1, 0.15) is 25.7 Å². The quantitative estimate of drug-likeness (QED) is 0.873. The first-order chi connectivity index (χ1) is 8.83. The molecule has 0 unspecified atom stereocenters. The van der Waals surface area contributed by atoms with Gasteiger partial charge in [0.1, 0.15) is 11.9 Å². The Morgan fingerprint density at radius 2 is 1.72 bits per heavy atom. The number of hydrogen-bond donors (Lipinski definition) is 1. The summed E-state index contributed by atoms with van der Waals surface area (Å²) in [6.45, 7) is 0. The van der Waals surface area contributed by atoms with Gasteiger partial charge in [0.25, 0.3) is 0 Å². The Morgan fingerprint density at radius 1 is 0.944 bits per heavy atom. The molecule has 2 nitrogen and oxygen atoms in total. The lowest BCUT2D eigenvalue weighted by Gasteiger charge is -2.28. The SMILES string of the molecule is O[C@@H]1CCCC[C@H]1Oc1ccc2ccccc2c1. The number of hydrogen-bond acceptors (Lipinski definition) is 2. The van der Waals surface area contributed by atoms with Gasteiger partial charge < -0.3 is 9.84 Å². The van der Waals surface area contributed by atoms with E-state index in [1.54, 1.807) is 0 Å². The molecule has 94 valence electrons. The smallest absolute Gasteiger partial charge is 0.124 e. The lowest BCUT2D eigenvalue weighted by Crippen LogP contribution is -2.34. The predicted molar refractivity (Wildman–Crippen MR) is 72.8 cm³/mol. The molecule has 0 saturated heterocycles. The highest BCUT2D eigenvalue weighted by Gasteiger charge is 2.24. The van der Waals surface area contributed by atoms with Crippen LogP contribution in [0, 0.1) is 0 Å². The van der Waals surface area contributed by atoms with Crippen molar-refractivity contribution in [3.63, 3.8) is 0 Å². The Hall–Kier alpha value is -1.54. The zero-order valence-corrected chi connectivity index (χ0v) is 10.4. The second kappa shape index (κ2) is 4.99. The second-order valence-electron chi connectivity index (χ2n) is 5.02. The number of aliphatic hydroxyl groups excluding tert-OH is 1. The van der Waals surface area contributed by atoms with Gasteiger partial charge in [0.2, 0.25) is 0 Å². The number of benzene rings is 2. The van der Waals surface area contributed by atoms with E-state index < -0.39 is 0 Å². The second-order valence-corrected chi connectivity index (χ2v) is 5.02. The minimum atomic E-state index is -0.315. The maximum atomic E-state index is 9.92. The van der Waals surface area contributed by atoms with Crippen LogP contribution in [-0.2, 0) is 0 Å². The van der Waals surface area contributed by atoms with Crippen LogP contribution in [0.2, 0.25) is 0 Å². The van der Waals surface area contributed by atoms with Crippen molar-refractivity contribution in [1.29, 1.82) is 0 Å². The molecule has 1 fully saturated rings.